The third-order valence-electron chi connectivity index (χ3n) is 5.92. The first-order valence-electron chi connectivity index (χ1n) is 11.1. The van der Waals surface area contributed by atoms with Crippen LogP contribution in [0.2, 0.25) is 5.02 Å². The fraction of sp³-hybridized carbons (Fsp3) is 0.458. The highest BCUT2D eigenvalue weighted by Gasteiger charge is 2.41. The Morgan fingerprint density at radius 3 is 2.19 bits per heavy atom. The van der Waals surface area contributed by atoms with E-state index in [2.05, 4.69) is 4.90 Å². The van der Waals surface area contributed by atoms with Crippen molar-refractivity contribution in [2.45, 2.75) is 47.1 Å². The van der Waals surface area contributed by atoms with Gasteiger partial charge in [-0.05, 0) is 57.7 Å². The summed E-state index contributed by atoms with van der Waals surface area (Å²) in [6.07, 6.45) is 0.267. The second-order valence-corrected chi connectivity index (χ2v) is 8.94. The normalized spacial score (nSPS) is 17.7. The lowest BCUT2D eigenvalue weighted by atomic mass is 9.92. The second kappa shape index (κ2) is 10.6. The van der Waals surface area contributed by atoms with Gasteiger partial charge in [-0.3, -0.25) is 9.59 Å². The molecule has 0 radical (unpaired) electrons. The van der Waals surface area contributed by atoms with Gasteiger partial charge in [-0.1, -0.05) is 35.5 Å². The molecule has 0 aliphatic carbocycles. The van der Waals surface area contributed by atoms with Crippen LogP contribution in [0.25, 0.3) is 0 Å². The van der Waals surface area contributed by atoms with E-state index in [1.54, 1.807) is 0 Å². The summed E-state index contributed by atoms with van der Waals surface area (Å²) >= 11 is 7.66. The van der Waals surface area contributed by atoms with Gasteiger partial charge in [0.1, 0.15) is 0 Å². The molecule has 8 heteroatoms. The number of halogens is 1. The average molecular weight is 475 g/mol. The number of benzene rings is 1. The molecule has 1 aromatic carbocycles. The highest BCUT2D eigenvalue weighted by molar-refractivity contribution is 8.16. The molecule has 2 amide bonds. The summed E-state index contributed by atoms with van der Waals surface area (Å²) in [4.78, 5) is 37.0. The summed E-state index contributed by atoms with van der Waals surface area (Å²) in [7, 11) is 0. The molecule has 3 rings (SSSR count). The lowest BCUT2D eigenvalue weighted by Crippen LogP contribution is -2.42. The summed E-state index contributed by atoms with van der Waals surface area (Å²) in [6.45, 7) is 12.4. The van der Waals surface area contributed by atoms with Crippen molar-refractivity contribution in [3.8, 4) is 0 Å². The monoisotopic (exact) mass is 474 g/mol. The summed E-state index contributed by atoms with van der Waals surface area (Å²) in [5.74, 6) is 0.0439. The van der Waals surface area contributed by atoms with Crippen molar-refractivity contribution in [1.29, 1.82) is 0 Å². The summed E-state index contributed by atoms with van der Waals surface area (Å²) in [5.41, 5.74) is 3.16. The van der Waals surface area contributed by atoms with Gasteiger partial charge in [0.05, 0.1) is 23.7 Å². The minimum absolute atomic E-state index is 0.0263. The molecule has 1 aromatic rings. The molecule has 2 heterocycles. The standard InChI is InChI=1S/C24H31ClN4O2S/c1-6-27(7-2)20(30)14-19-15-32-24-26-16(5)21(23(31)28(8-3)9-4)22(29(19)24)17-10-12-18(25)13-11-17/h10-13,15,22H,6-9,14H2,1-5H3. The Balaban J connectivity index is 2.07. The number of thioether (sulfide) groups is 1. The number of rotatable bonds is 8. The third-order valence-corrected chi connectivity index (χ3v) is 7.06. The number of carbonyl (C=O) groups excluding carboxylic acids is 2. The van der Waals surface area contributed by atoms with Crippen molar-refractivity contribution in [1.82, 2.24) is 14.7 Å². The Morgan fingerprint density at radius 2 is 1.62 bits per heavy atom. The summed E-state index contributed by atoms with van der Waals surface area (Å²) in [6, 6.07) is 7.21. The van der Waals surface area contributed by atoms with Crippen molar-refractivity contribution in [2.75, 3.05) is 26.2 Å². The number of likely N-dealkylation sites (N-methyl/N-ethyl adjacent to an activating group) is 1. The van der Waals surface area contributed by atoms with Gasteiger partial charge in [-0.25, -0.2) is 4.99 Å². The van der Waals surface area contributed by atoms with E-state index in [-0.39, 0.29) is 24.3 Å². The maximum atomic E-state index is 13.6. The number of fused-ring (bicyclic) bond motifs is 1. The molecule has 172 valence electrons. The maximum absolute atomic E-state index is 13.6. The maximum Gasteiger partial charge on any atom is 0.254 e. The predicted octanol–water partition coefficient (Wildman–Crippen LogP) is 5.04. The van der Waals surface area contributed by atoms with Crippen LogP contribution in [0.3, 0.4) is 0 Å². The molecule has 0 fully saturated rings. The van der Waals surface area contributed by atoms with E-state index in [1.165, 1.54) is 11.8 Å². The van der Waals surface area contributed by atoms with Gasteiger partial charge < -0.3 is 14.7 Å². The van der Waals surface area contributed by atoms with Crippen LogP contribution < -0.4 is 0 Å². The minimum atomic E-state index is -0.362. The topological polar surface area (TPSA) is 56.2 Å². The first kappa shape index (κ1) is 24.4. The molecule has 0 spiro atoms. The molecule has 2 aliphatic rings. The zero-order valence-electron chi connectivity index (χ0n) is 19.4. The Hall–Kier alpha value is -2.25. The molecule has 32 heavy (non-hydrogen) atoms. The van der Waals surface area contributed by atoms with Gasteiger partial charge in [0, 0.05) is 36.9 Å². The lowest BCUT2D eigenvalue weighted by molar-refractivity contribution is -0.130. The highest BCUT2D eigenvalue weighted by atomic mass is 35.5. The number of hydrogen-bond acceptors (Lipinski definition) is 5. The highest BCUT2D eigenvalue weighted by Crippen LogP contribution is 2.45. The Kier molecular flexibility index (Phi) is 8.06. The van der Waals surface area contributed by atoms with E-state index < -0.39 is 0 Å². The van der Waals surface area contributed by atoms with E-state index in [4.69, 9.17) is 16.6 Å². The van der Waals surface area contributed by atoms with Crippen LogP contribution in [0.15, 0.2) is 51.6 Å². The molecule has 0 N–H and O–H groups in total. The fourth-order valence-electron chi connectivity index (χ4n) is 4.13. The fourth-order valence-corrected chi connectivity index (χ4v) is 5.22. The van der Waals surface area contributed by atoms with E-state index in [0.717, 1.165) is 16.4 Å². The van der Waals surface area contributed by atoms with Gasteiger partial charge in [0.25, 0.3) is 5.91 Å². The molecule has 0 aromatic heterocycles. The zero-order valence-corrected chi connectivity index (χ0v) is 21.0. The Bertz CT molecular complexity index is 963. The molecule has 1 unspecified atom stereocenters. The van der Waals surface area contributed by atoms with Crippen LogP contribution in [0.4, 0.5) is 0 Å². The average Bonchev–Trinajstić information content (AvgIpc) is 3.17. The number of amidine groups is 1. The molecule has 0 bridgehead atoms. The van der Waals surface area contributed by atoms with Crippen LogP contribution in [-0.2, 0) is 9.59 Å². The molecule has 0 saturated heterocycles. The van der Waals surface area contributed by atoms with Crippen LogP contribution in [-0.4, -0.2) is 57.9 Å². The number of aliphatic imine (C=N–C) groups is 1. The van der Waals surface area contributed by atoms with Crippen LogP contribution >= 0.6 is 23.4 Å². The molecule has 1 atom stereocenters. The number of nitrogens with zero attached hydrogens (tertiary/aromatic N) is 4. The first-order valence-corrected chi connectivity index (χ1v) is 12.4. The zero-order chi connectivity index (χ0) is 23.4. The van der Waals surface area contributed by atoms with Gasteiger partial charge in [0.15, 0.2) is 5.17 Å². The molecule has 2 aliphatic heterocycles. The number of hydrogen-bond donors (Lipinski definition) is 0. The SMILES string of the molecule is CCN(CC)C(=O)CC1=CSC2=NC(C)=C(C(=O)N(CC)CC)C(c3ccc(Cl)cc3)N12. The predicted molar refractivity (Wildman–Crippen MR) is 132 cm³/mol. The van der Waals surface area contributed by atoms with E-state index >= 15 is 0 Å². The smallest absolute Gasteiger partial charge is 0.254 e. The van der Waals surface area contributed by atoms with Crippen LogP contribution in [0.1, 0.15) is 52.6 Å². The van der Waals surface area contributed by atoms with Crippen LogP contribution in [0.5, 0.6) is 0 Å². The first-order chi connectivity index (χ1) is 15.4. The van der Waals surface area contributed by atoms with E-state index in [9.17, 15) is 9.59 Å². The summed E-state index contributed by atoms with van der Waals surface area (Å²) in [5, 5.41) is 3.42. The largest absolute Gasteiger partial charge is 0.343 e. The molecule has 6 nitrogen and oxygen atoms in total. The quantitative estimate of drug-likeness (QED) is 0.529. The lowest BCUT2D eigenvalue weighted by Gasteiger charge is -2.38. The molecular weight excluding hydrogens is 444 g/mol. The van der Waals surface area contributed by atoms with Crippen molar-refractivity contribution in [2.24, 2.45) is 4.99 Å². The number of allylic oxidation sites excluding steroid dienone is 1. The van der Waals surface area contributed by atoms with Crippen molar-refractivity contribution >= 4 is 40.3 Å². The Morgan fingerprint density at radius 1 is 1.03 bits per heavy atom. The van der Waals surface area contributed by atoms with Gasteiger partial charge in [0.2, 0.25) is 5.91 Å². The van der Waals surface area contributed by atoms with Crippen molar-refractivity contribution in [3.05, 3.63) is 57.2 Å². The van der Waals surface area contributed by atoms with Gasteiger partial charge in [-0.15, -0.1) is 0 Å². The van der Waals surface area contributed by atoms with Gasteiger partial charge in [-0.2, -0.15) is 0 Å². The Labute approximate surface area is 200 Å². The molecular formula is C24H31ClN4O2S. The molecule has 0 saturated carbocycles. The van der Waals surface area contributed by atoms with Gasteiger partial charge >= 0.3 is 0 Å². The number of carbonyl (C=O) groups is 2. The van der Waals surface area contributed by atoms with E-state index in [0.29, 0.717) is 42.5 Å². The van der Waals surface area contributed by atoms with Crippen LogP contribution in [0, 0.1) is 0 Å². The van der Waals surface area contributed by atoms with Crippen molar-refractivity contribution in [3.63, 3.8) is 0 Å². The third kappa shape index (κ3) is 4.74. The number of amides is 2. The minimum Gasteiger partial charge on any atom is -0.343 e. The summed E-state index contributed by atoms with van der Waals surface area (Å²) < 4.78 is 0. The van der Waals surface area contributed by atoms with Crippen molar-refractivity contribution < 1.29 is 9.59 Å². The van der Waals surface area contributed by atoms with E-state index in [1.807, 2.05) is 74.1 Å². The second-order valence-electron chi connectivity index (χ2n) is 7.66.